The fourth-order valence-corrected chi connectivity index (χ4v) is 3.33. The average molecular weight is 392 g/mol. The van der Waals surface area contributed by atoms with Crippen LogP contribution >= 0.6 is 11.6 Å². The van der Waals surface area contributed by atoms with Gasteiger partial charge in [0.25, 0.3) is 5.91 Å². The first-order valence-electron chi connectivity index (χ1n) is 8.96. The fourth-order valence-electron chi connectivity index (χ4n) is 3.15. The van der Waals surface area contributed by atoms with Crippen LogP contribution in [0.3, 0.4) is 0 Å². The maximum Gasteiger partial charge on any atom is 0.278 e. The molecule has 140 valence electrons. The van der Waals surface area contributed by atoms with E-state index in [4.69, 9.17) is 11.6 Å². The summed E-state index contributed by atoms with van der Waals surface area (Å²) >= 11 is 6.13. The number of para-hydroxylation sites is 1. The topological polar surface area (TPSA) is 72.2 Å². The monoisotopic (exact) mass is 391 g/mol. The van der Waals surface area contributed by atoms with Gasteiger partial charge in [0.2, 0.25) is 0 Å². The van der Waals surface area contributed by atoms with Crippen molar-refractivity contribution in [1.29, 1.82) is 0 Å². The van der Waals surface area contributed by atoms with Gasteiger partial charge in [-0.2, -0.15) is 5.10 Å². The summed E-state index contributed by atoms with van der Waals surface area (Å²) < 4.78 is 1.69. The summed E-state index contributed by atoms with van der Waals surface area (Å²) in [6, 6.07) is 17.0. The summed E-state index contributed by atoms with van der Waals surface area (Å²) in [6.07, 6.45) is 0.744. The van der Waals surface area contributed by atoms with Gasteiger partial charge in [-0.15, -0.1) is 10.2 Å². The van der Waals surface area contributed by atoms with Gasteiger partial charge < -0.3 is 5.32 Å². The molecule has 28 heavy (non-hydrogen) atoms. The Balaban J connectivity index is 1.80. The molecule has 0 aliphatic heterocycles. The van der Waals surface area contributed by atoms with Crippen molar-refractivity contribution in [3.63, 3.8) is 0 Å². The first kappa shape index (κ1) is 18.1. The van der Waals surface area contributed by atoms with Crippen molar-refractivity contribution < 1.29 is 4.79 Å². The first-order chi connectivity index (χ1) is 13.6. The molecule has 0 bridgehead atoms. The third-order valence-electron chi connectivity index (χ3n) is 4.57. The van der Waals surface area contributed by atoms with Gasteiger partial charge in [0.1, 0.15) is 0 Å². The molecule has 2 aromatic carbocycles. The van der Waals surface area contributed by atoms with Gasteiger partial charge in [-0.1, -0.05) is 61.0 Å². The zero-order valence-corrected chi connectivity index (χ0v) is 16.2. The smallest absolute Gasteiger partial charge is 0.278 e. The Labute approximate surface area is 167 Å². The van der Waals surface area contributed by atoms with Crippen LogP contribution in [0.5, 0.6) is 0 Å². The highest BCUT2D eigenvalue weighted by Gasteiger charge is 2.21. The molecule has 0 saturated carbocycles. The number of carbonyl (C=O) groups is 1. The highest BCUT2D eigenvalue weighted by molar-refractivity contribution is 6.33. The number of carbonyl (C=O) groups excluding carboxylic acids is 1. The molecule has 0 aliphatic carbocycles. The number of nitrogens with one attached hydrogen (secondary N) is 1. The van der Waals surface area contributed by atoms with Gasteiger partial charge in [0, 0.05) is 0 Å². The predicted molar refractivity (Wildman–Crippen MR) is 110 cm³/mol. The molecule has 4 rings (SSSR count). The largest absolute Gasteiger partial charge is 0.319 e. The molecule has 1 N–H and O–H groups in total. The Morgan fingerprint density at radius 1 is 1.07 bits per heavy atom. The SMILES string of the molecule is CCc1nn2c(C)c(C(=O)Nc3ccccc3Cl)nnc2c1-c1ccccc1. The molecule has 7 heteroatoms. The number of nitrogens with zero attached hydrogens (tertiary/aromatic N) is 4. The minimum Gasteiger partial charge on any atom is -0.319 e. The number of rotatable bonds is 4. The summed E-state index contributed by atoms with van der Waals surface area (Å²) in [6.45, 7) is 3.85. The number of fused-ring (bicyclic) bond motifs is 1. The average Bonchev–Trinajstić information content (AvgIpc) is 3.10. The highest BCUT2D eigenvalue weighted by atomic mass is 35.5. The van der Waals surface area contributed by atoms with Gasteiger partial charge >= 0.3 is 0 Å². The Kier molecular flexibility index (Phi) is 4.79. The third kappa shape index (κ3) is 3.12. The minimum atomic E-state index is -0.380. The normalized spacial score (nSPS) is 11.0. The van der Waals surface area contributed by atoms with E-state index in [-0.39, 0.29) is 11.6 Å². The molecule has 0 fully saturated rings. The standard InChI is InChI=1S/C21H18ClN5O/c1-3-16-18(14-9-5-4-6-10-14)20-25-24-19(13(2)27(20)26-16)21(28)23-17-12-8-7-11-15(17)22/h4-12H,3H2,1-2H3,(H,23,28). The van der Waals surface area contributed by atoms with Crippen molar-refractivity contribution in [3.05, 3.63) is 76.7 Å². The lowest BCUT2D eigenvalue weighted by atomic mass is 10.0. The Hall–Kier alpha value is -3.25. The molecule has 4 aromatic rings. The summed E-state index contributed by atoms with van der Waals surface area (Å²) in [7, 11) is 0. The van der Waals surface area contributed by atoms with Crippen molar-refractivity contribution in [3.8, 4) is 11.1 Å². The molecular weight excluding hydrogens is 374 g/mol. The molecule has 6 nitrogen and oxygen atoms in total. The fraction of sp³-hybridized carbons (Fsp3) is 0.143. The highest BCUT2D eigenvalue weighted by Crippen LogP contribution is 2.28. The first-order valence-corrected chi connectivity index (χ1v) is 9.34. The van der Waals surface area contributed by atoms with E-state index < -0.39 is 0 Å². The van der Waals surface area contributed by atoms with E-state index in [2.05, 4.69) is 20.6 Å². The van der Waals surface area contributed by atoms with Crippen molar-refractivity contribution in [2.75, 3.05) is 5.32 Å². The van der Waals surface area contributed by atoms with Crippen LogP contribution in [0.4, 0.5) is 5.69 Å². The van der Waals surface area contributed by atoms with Gasteiger partial charge in [-0.05, 0) is 31.0 Å². The third-order valence-corrected chi connectivity index (χ3v) is 4.90. The number of amides is 1. The second-order valence-corrected chi connectivity index (χ2v) is 6.75. The van der Waals surface area contributed by atoms with E-state index >= 15 is 0 Å². The van der Waals surface area contributed by atoms with Gasteiger partial charge in [0.05, 0.1) is 27.7 Å². The van der Waals surface area contributed by atoms with Crippen LogP contribution in [0, 0.1) is 6.92 Å². The van der Waals surface area contributed by atoms with Gasteiger partial charge in [0.15, 0.2) is 11.3 Å². The Morgan fingerprint density at radius 2 is 1.79 bits per heavy atom. The maximum absolute atomic E-state index is 12.7. The number of hydrogen-bond acceptors (Lipinski definition) is 4. The second-order valence-electron chi connectivity index (χ2n) is 6.34. The van der Waals surface area contributed by atoms with E-state index in [1.54, 1.807) is 28.8 Å². The van der Waals surface area contributed by atoms with Crippen LogP contribution < -0.4 is 5.32 Å². The zero-order chi connectivity index (χ0) is 19.7. The molecule has 0 saturated heterocycles. The van der Waals surface area contributed by atoms with E-state index in [0.29, 0.717) is 22.1 Å². The maximum atomic E-state index is 12.7. The van der Waals surface area contributed by atoms with E-state index in [9.17, 15) is 4.79 Å². The molecular formula is C21H18ClN5O. The minimum absolute atomic E-state index is 0.206. The number of halogens is 1. The predicted octanol–water partition coefficient (Wildman–Crippen LogP) is 4.57. The molecule has 2 heterocycles. The van der Waals surface area contributed by atoms with Crippen LogP contribution in [-0.2, 0) is 6.42 Å². The van der Waals surface area contributed by atoms with Gasteiger partial charge in [-0.3, -0.25) is 4.79 Å². The molecule has 1 amide bonds. The lowest BCUT2D eigenvalue weighted by Crippen LogP contribution is -2.18. The van der Waals surface area contributed by atoms with Crippen LogP contribution in [0.15, 0.2) is 54.6 Å². The summed E-state index contributed by atoms with van der Waals surface area (Å²) in [5, 5.41) is 16.5. The van der Waals surface area contributed by atoms with Crippen molar-refractivity contribution >= 4 is 28.8 Å². The molecule has 0 radical (unpaired) electrons. The van der Waals surface area contributed by atoms with E-state index in [0.717, 1.165) is 23.2 Å². The number of aryl methyl sites for hydroxylation is 2. The molecule has 0 unspecified atom stereocenters. The van der Waals surface area contributed by atoms with Crippen molar-refractivity contribution in [2.24, 2.45) is 0 Å². The van der Waals surface area contributed by atoms with E-state index in [1.165, 1.54) is 0 Å². The molecule has 0 aliphatic rings. The lowest BCUT2D eigenvalue weighted by molar-refractivity contribution is 0.102. The number of hydrogen-bond donors (Lipinski definition) is 1. The quantitative estimate of drug-likeness (QED) is 0.553. The van der Waals surface area contributed by atoms with Crippen molar-refractivity contribution in [1.82, 2.24) is 19.8 Å². The Morgan fingerprint density at radius 3 is 2.50 bits per heavy atom. The number of anilines is 1. The number of aromatic nitrogens is 4. The van der Waals surface area contributed by atoms with Crippen LogP contribution in [-0.4, -0.2) is 25.7 Å². The van der Waals surface area contributed by atoms with E-state index in [1.807, 2.05) is 44.2 Å². The second kappa shape index (κ2) is 7.40. The van der Waals surface area contributed by atoms with Crippen LogP contribution in [0.25, 0.3) is 16.8 Å². The van der Waals surface area contributed by atoms with Gasteiger partial charge in [-0.25, -0.2) is 4.52 Å². The summed E-state index contributed by atoms with van der Waals surface area (Å²) in [5.41, 5.74) is 4.86. The molecule has 0 spiro atoms. The summed E-state index contributed by atoms with van der Waals surface area (Å²) in [5.74, 6) is -0.380. The van der Waals surface area contributed by atoms with Crippen molar-refractivity contribution in [2.45, 2.75) is 20.3 Å². The molecule has 2 aromatic heterocycles. The van der Waals surface area contributed by atoms with Crippen LogP contribution in [0.1, 0.15) is 28.8 Å². The Bertz CT molecular complexity index is 1170. The molecule has 0 atom stereocenters. The number of benzene rings is 2. The zero-order valence-electron chi connectivity index (χ0n) is 15.5. The lowest BCUT2D eigenvalue weighted by Gasteiger charge is -2.09. The summed E-state index contributed by atoms with van der Waals surface area (Å²) in [4.78, 5) is 12.7. The van der Waals surface area contributed by atoms with Crippen LogP contribution in [0.2, 0.25) is 5.02 Å².